The van der Waals surface area contributed by atoms with Gasteiger partial charge < -0.3 is 14.5 Å². The van der Waals surface area contributed by atoms with Gasteiger partial charge in [-0.2, -0.15) is 0 Å². The van der Waals surface area contributed by atoms with E-state index in [1.54, 1.807) is 24.3 Å². The molecule has 4 N–H and O–H groups in total. The molecule has 26 heavy (non-hydrogen) atoms. The van der Waals surface area contributed by atoms with Gasteiger partial charge in [-0.25, -0.2) is 10.8 Å². The highest BCUT2D eigenvalue weighted by atomic mass is 16.6. The van der Waals surface area contributed by atoms with E-state index in [1.807, 2.05) is 5.43 Å². The van der Waals surface area contributed by atoms with E-state index in [9.17, 15) is 14.9 Å². The molecule has 1 aromatic heterocycles. The van der Waals surface area contributed by atoms with Crippen molar-refractivity contribution in [1.82, 2.24) is 15.4 Å². The fourth-order valence-corrected chi connectivity index (χ4v) is 2.37. The van der Waals surface area contributed by atoms with E-state index in [0.29, 0.717) is 33.9 Å². The van der Waals surface area contributed by atoms with Crippen LogP contribution in [0.15, 0.2) is 36.4 Å². The molecule has 2 aromatic carbocycles. The Morgan fingerprint density at radius 1 is 1.31 bits per heavy atom. The molecular weight excluding hydrogens is 342 g/mol. The third-order valence-electron chi connectivity index (χ3n) is 3.63. The molecule has 0 radical (unpaired) electrons. The average Bonchev–Trinajstić information content (AvgIpc) is 3.09. The third kappa shape index (κ3) is 3.39. The fourth-order valence-electron chi connectivity index (χ4n) is 2.37. The number of rotatable bonds is 6. The number of non-ortho nitro benzene ring substituents is 1. The number of carbonyl (C=O) groups is 1. The number of nitrogens with one attached hydrogen (secondary N) is 2. The van der Waals surface area contributed by atoms with Crippen molar-refractivity contribution in [2.75, 3.05) is 13.7 Å². The van der Waals surface area contributed by atoms with E-state index < -0.39 is 10.8 Å². The minimum Gasteiger partial charge on any atom is -0.493 e. The molecule has 10 heteroatoms. The number of H-pyrrole nitrogens is 1. The van der Waals surface area contributed by atoms with Crippen LogP contribution in [0.25, 0.3) is 22.4 Å². The summed E-state index contributed by atoms with van der Waals surface area (Å²) in [6, 6.07) is 9.44. The highest BCUT2D eigenvalue weighted by Crippen LogP contribution is 2.32. The van der Waals surface area contributed by atoms with Crippen molar-refractivity contribution in [2.45, 2.75) is 0 Å². The summed E-state index contributed by atoms with van der Waals surface area (Å²) in [7, 11) is 1.47. The zero-order valence-electron chi connectivity index (χ0n) is 13.7. The minimum atomic E-state index is -0.477. The van der Waals surface area contributed by atoms with Gasteiger partial charge in [-0.05, 0) is 24.3 Å². The lowest BCUT2D eigenvalue weighted by molar-refractivity contribution is -0.384. The molecule has 0 atom stereocenters. The van der Waals surface area contributed by atoms with Crippen LogP contribution >= 0.6 is 0 Å². The van der Waals surface area contributed by atoms with Gasteiger partial charge in [-0.3, -0.25) is 20.3 Å². The third-order valence-corrected chi connectivity index (χ3v) is 3.63. The molecule has 3 aromatic rings. The Morgan fingerprint density at radius 2 is 2.12 bits per heavy atom. The number of aromatic nitrogens is 2. The highest BCUT2D eigenvalue weighted by Gasteiger charge is 2.13. The number of amides is 1. The summed E-state index contributed by atoms with van der Waals surface area (Å²) >= 11 is 0. The van der Waals surface area contributed by atoms with Gasteiger partial charge in [-0.15, -0.1) is 0 Å². The second kappa shape index (κ2) is 7.07. The zero-order valence-corrected chi connectivity index (χ0v) is 13.7. The SMILES string of the molecule is COc1cc(-c2nc3ccc([N+](=O)[O-])cc3[nH]2)ccc1OCC(=O)NN. The van der Waals surface area contributed by atoms with Gasteiger partial charge in [0, 0.05) is 17.7 Å². The number of ether oxygens (including phenoxy) is 2. The van der Waals surface area contributed by atoms with Crippen LogP contribution in [0.4, 0.5) is 5.69 Å². The number of carbonyl (C=O) groups excluding carboxylic acids is 1. The average molecular weight is 357 g/mol. The van der Waals surface area contributed by atoms with Crippen molar-refractivity contribution in [3.8, 4) is 22.9 Å². The van der Waals surface area contributed by atoms with Crippen molar-refractivity contribution < 1.29 is 19.2 Å². The Labute approximate surface area is 147 Å². The number of hydrogen-bond donors (Lipinski definition) is 3. The van der Waals surface area contributed by atoms with Crippen LogP contribution < -0.4 is 20.7 Å². The zero-order chi connectivity index (χ0) is 18.7. The second-order valence-corrected chi connectivity index (χ2v) is 5.27. The number of fused-ring (bicyclic) bond motifs is 1. The number of hydrazine groups is 1. The van der Waals surface area contributed by atoms with Gasteiger partial charge in [-0.1, -0.05) is 0 Å². The first kappa shape index (κ1) is 17.2. The molecule has 1 heterocycles. The normalized spacial score (nSPS) is 10.5. The monoisotopic (exact) mass is 357 g/mol. The first-order valence-corrected chi connectivity index (χ1v) is 7.46. The van der Waals surface area contributed by atoms with E-state index in [-0.39, 0.29) is 12.3 Å². The Hall–Kier alpha value is -3.66. The lowest BCUT2D eigenvalue weighted by atomic mass is 10.2. The van der Waals surface area contributed by atoms with E-state index in [2.05, 4.69) is 9.97 Å². The number of aromatic amines is 1. The first-order valence-electron chi connectivity index (χ1n) is 7.46. The molecule has 0 saturated heterocycles. The lowest BCUT2D eigenvalue weighted by Crippen LogP contribution is -2.34. The summed E-state index contributed by atoms with van der Waals surface area (Å²) in [6.45, 7) is -0.249. The molecule has 0 fully saturated rings. The lowest BCUT2D eigenvalue weighted by Gasteiger charge is -2.11. The molecule has 0 aliphatic rings. The standard InChI is InChI=1S/C16H15N5O5/c1-25-14-6-9(2-5-13(14)26-8-15(22)20-17)16-18-11-4-3-10(21(23)24)7-12(11)19-16/h2-7H,8,17H2,1H3,(H,18,19)(H,20,22). The fraction of sp³-hybridized carbons (Fsp3) is 0.125. The largest absolute Gasteiger partial charge is 0.493 e. The van der Waals surface area contributed by atoms with E-state index in [0.717, 1.165) is 0 Å². The van der Waals surface area contributed by atoms with Crippen molar-refractivity contribution in [3.63, 3.8) is 0 Å². The van der Waals surface area contributed by atoms with Gasteiger partial charge >= 0.3 is 0 Å². The van der Waals surface area contributed by atoms with Gasteiger partial charge in [0.25, 0.3) is 11.6 Å². The predicted octanol–water partition coefficient (Wildman–Crippen LogP) is 1.52. The Balaban J connectivity index is 1.92. The smallest absolute Gasteiger partial charge is 0.271 e. The highest BCUT2D eigenvalue weighted by molar-refractivity contribution is 5.82. The molecule has 0 spiro atoms. The number of nitro groups is 1. The maximum atomic E-state index is 11.2. The number of imidazole rings is 1. The maximum Gasteiger partial charge on any atom is 0.271 e. The topological polar surface area (TPSA) is 145 Å². The van der Waals surface area contributed by atoms with Gasteiger partial charge in [0.15, 0.2) is 18.1 Å². The number of nitrogens with zero attached hydrogens (tertiary/aromatic N) is 2. The Bertz CT molecular complexity index is 984. The molecule has 0 saturated carbocycles. The molecule has 3 rings (SSSR count). The maximum absolute atomic E-state index is 11.2. The van der Waals surface area contributed by atoms with E-state index >= 15 is 0 Å². The second-order valence-electron chi connectivity index (χ2n) is 5.27. The summed E-state index contributed by atoms with van der Waals surface area (Å²) in [4.78, 5) is 29.1. The number of benzene rings is 2. The molecule has 0 aliphatic heterocycles. The number of nitro benzene ring substituents is 1. The molecule has 134 valence electrons. The van der Waals surface area contributed by atoms with Crippen molar-refractivity contribution in [2.24, 2.45) is 5.84 Å². The van der Waals surface area contributed by atoms with Crippen molar-refractivity contribution in [3.05, 3.63) is 46.5 Å². The summed E-state index contributed by atoms with van der Waals surface area (Å²) < 4.78 is 10.6. The Kier molecular flexibility index (Phi) is 4.67. The summed E-state index contributed by atoms with van der Waals surface area (Å²) in [5.74, 6) is 5.82. The number of hydrogen-bond acceptors (Lipinski definition) is 7. The summed E-state index contributed by atoms with van der Waals surface area (Å²) in [6.07, 6.45) is 0. The van der Waals surface area contributed by atoms with E-state index in [1.165, 1.54) is 19.2 Å². The molecule has 0 bridgehead atoms. The molecular formula is C16H15N5O5. The van der Waals surface area contributed by atoms with Gasteiger partial charge in [0.2, 0.25) is 0 Å². The van der Waals surface area contributed by atoms with Crippen LogP contribution in [-0.2, 0) is 4.79 Å². The van der Waals surface area contributed by atoms with Crippen LogP contribution in [0, 0.1) is 10.1 Å². The summed E-state index contributed by atoms with van der Waals surface area (Å²) in [5.41, 5.74) is 3.79. The van der Waals surface area contributed by atoms with Crippen LogP contribution in [0.1, 0.15) is 0 Å². The van der Waals surface area contributed by atoms with Crippen LogP contribution in [0.2, 0.25) is 0 Å². The van der Waals surface area contributed by atoms with E-state index in [4.69, 9.17) is 15.3 Å². The number of methoxy groups -OCH3 is 1. The molecule has 1 amide bonds. The quantitative estimate of drug-likeness (QED) is 0.262. The van der Waals surface area contributed by atoms with Crippen molar-refractivity contribution >= 4 is 22.6 Å². The summed E-state index contributed by atoms with van der Waals surface area (Å²) in [5, 5.41) is 10.9. The predicted molar refractivity (Wildman–Crippen MR) is 92.6 cm³/mol. The minimum absolute atomic E-state index is 0.0211. The van der Waals surface area contributed by atoms with Crippen molar-refractivity contribution in [1.29, 1.82) is 0 Å². The molecule has 0 unspecified atom stereocenters. The molecule has 0 aliphatic carbocycles. The van der Waals surface area contributed by atoms with Crippen LogP contribution in [0.5, 0.6) is 11.5 Å². The molecule has 10 nitrogen and oxygen atoms in total. The number of nitrogens with two attached hydrogens (primary N) is 1. The van der Waals surface area contributed by atoms with Crippen LogP contribution in [0.3, 0.4) is 0 Å². The Morgan fingerprint density at radius 3 is 2.81 bits per heavy atom. The van der Waals surface area contributed by atoms with Crippen LogP contribution in [-0.4, -0.2) is 34.5 Å². The van der Waals surface area contributed by atoms with Gasteiger partial charge in [0.05, 0.1) is 23.1 Å². The first-order chi connectivity index (χ1) is 12.5. The van der Waals surface area contributed by atoms with Gasteiger partial charge in [0.1, 0.15) is 5.82 Å².